The SMILES string of the molecule is O=C(c1cncc(-c2ccc3c(c2)CCO3)c1)N1CCOC(c2nn[nH]n2)C1. The van der Waals surface area contributed by atoms with Crippen LogP contribution in [0.2, 0.25) is 0 Å². The number of nitrogens with zero attached hydrogens (tertiary/aromatic N) is 5. The normalized spacial score (nSPS) is 18.6. The van der Waals surface area contributed by atoms with Crippen molar-refractivity contribution in [3.63, 3.8) is 0 Å². The van der Waals surface area contributed by atoms with E-state index in [9.17, 15) is 4.79 Å². The topological polar surface area (TPSA) is 106 Å². The first-order valence-corrected chi connectivity index (χ1v) is 9.13. The quantitative estimate of drug-likeness (QED) is 0.734. The van der Waals surface area contributed by atoms with Crippen molar-refractivity contribution in [3.05, 3.63) is 53.6 Å². The molecule has 1 unspecified atom stereocenters. The number of hydrogen-bond acceptors (Lipinski definition) is 7. The van der Waals surface area contributed by atoms with Crippen molar-refractivity contribution < 1.29 is 14.3 Å². The molecule has 1 saturated heterocycles. The molecule has 0 saturated carbocycles. The fraction of sp³-hybridized carbons (Fsp3) is 0.316. The van der Waals surface area contributed by atoms with Gasteiger partial charge in [0.1, 0.15) is 11.9 Å². The number of hydrogen-bond donors (Lipinski definition) is 1. The van der Waals surface area contributed by atoms with Gasteiger partial charge < -0.3 is 14.4 Å². The van der Waals surface area contributed by atoms with Crippen LogP contribution in [0.3, 0.4) is 0 Å². The van der Waals surface area contributed by atoms with Crippen molar-refractivity contribution in [2.45, 2.75) is 12.5 Å². The number of tetrazole rings is 1. The number of morpholine rings is 1. The Kier molecular flexibility index (Phi) is 4.21. The van der Waals surface area contributed by atoms with Crippen molar-refractivity contribution in [1.29, 1.82) is 0 Å². The van der Waals surface area contributed by atoms with Crippen molar-refractivity contribution >= 4 is 5.91 Å². The molecule has 0 radical (unpaired) electrons. The van der Waals surface area contributed by atoms with Crippen LogP contribution in [-0.2, 0) is 11.2 Å². The molecule has 3 aromatic rings. The van der Waals surface area contributed by atoms with E-state index in [1.165, 1.54) is 5.56 Å². The highest BCUT2D eigenvalue weighted by molar-refractivity contribution is 5.95. The van der Waals surface area contributed by atoms with Gasteiger partial charge in [-0.2, -0.15) is 5.21 Å². The molecule has 2 aliphatic heterocycles. The Morgan fingerprint density at radius 2 is 2.14 bits per heavy atom. The second kappa shape index (κ2) is 7.01. The van der Waals surface area contributed by atoms with Crippen LogP contribution < -0.4 is 4.74 Å². The Morgan fingerprint density at radius 1 is 1.18 bits per heavy atom. The minimum Gasteiger partial charge on any atom is -0.493 e. The van der Waals surface area contributed by atoms with Gasteiger partial charge in [-0.3, -0.25) is 9.78 Å². The summed E-state index contributed by atoms with van der Waals surface area (Å²) >= 11 is 0. The average Bonchev–Trinajstić information content (AvgIpc) is 3.45. The summed E-state index contributed by atoms with van der Waals surface area (Å²) in [5.74, 6) is 1.30. The first-order chi connectivity index (χ1) is 13.8. The number of H-pyrrole nitrogens is 1. The molecule has 1 amide bonds. The summed E-state index contributed by atoms with van der Waals surface area (Å²) in [5, 5.41) is 13.9. The molecular formula is C19H18N6O3. The number of nitrogens with one attached hydrogen (secondary N) is 1. The zero-order valence-corrected chi connectivity index (χ0v) is 15.0. The maximum atomic E-state index is 13.0. The highest BCUT2D eigenvalue weighted by Gasteiger charge is 2.29. The smallest absolute Gasteiger partial charge is 0.255 e. The molecule has 1 aromatic carbocycles. The summed E-state index contributed by atoms with van der Waals surface area (Å²) in [7, 11) is 0. The van der Waals surface area contributed by atoms with Crippen LogP contribution in [0.1, 0.15) is 27.8 Å². The zero-order chi connectivity index (χ0) is 18.9. The molecule has 142 valence electrons. The van der Waals surface area contributed by atoms with Gasteiger partial charge in [-0.25, -0.2) is 0 Å². The Labute approximate surface area is 160 Å². The predicted octanol–water partition coefficient (Wildman–Crippen LogP) is 1.41. The van der Waals surface area contributed by atoms with E-state index in [0.717, 1.165) is 23.3 Å². The summed E-state index contributed by atoms with van der Waals surface area (Å²) in [6, 6.07) is 7.96. The van der Waals surface area contributed by atoms with Crippen LogP contribution in [0.4, 0.5) is 0 Å². The minimum absolute atomic E-state index is 0.0874. The van der Waals surface area contributed by atoms with E-state index in [2.05, 4.69) is 31.7 Å². The van der Waals surface area contributed by atoms with Crippen LogP contribution in [0, 0.1) is 0 Å². The van der Waals surface area contributed by atoms with Gasteiger partial charge in [0.15, 0.2) is 0 Å². The van der Waals surface area contributed by atoms with Crippen LogP contribution >= 0.6 is 0 Å². The first-order valence-electron chi connectivity index (χ1n) is 9.13. The number of rotatable bonds is 3. The van der Waals surface area contributed by atoms with E-state index in [4.69, 9.17) is 9.47 Å². The summed E-state index contributed by atoms with van der Waals surface area (Å²) < 4.78 is 11.2. The molecule has 1 atom stereocenters. The van der Waals surface area contributed by atoms with Crippen molar-refractivity contribution in [2.24, 2.45) is 0 Å². The molecule has 9 heteroatoms. The van der Waals surface area contributed by atoms with Gasteiger partial charge in [-0.15, -0.1) is 10.2 Å². The third kappa shape index (κ3) is 3.09. The molecule has 0 bridgehead atoms. The molecule has 1 fully saturated rings. The van der Waals surface area contributed by atoms with E-state index in [1.54, 1.807) is 17.3 Å². The van der Waals surface area contributed by atoms with E-state index in [0.29, 0.717) is 37.7 Å². The highest BCUT2D eigenvalue weighted by atomic mass is 16.5. The van der Waals surface area contributed by atoms with Crippen LogP contribution in [0.25, 0.3) is 11.1 Å². The number of aromatic nitrogens is 5. The number of carbonyl (C=O) groups excluding carboxylic acids is 1. The Morgan fingerprint density at radius 3 is 3.04 bits per heavy atom. The summed E-state index contributed by atoms with van der Waals surface area (Å²) in [6.45, 7) is 2.02. The number of pyridine rings is 1. The molecule has 1 N–H and O–H groups in total. The number of carbonyl (C=O) groups is 1. The van der Waals surface area contributed by atoms with E-state index >= 15 is 0 Å². The molecule has 4 heterocycles. The van der Waals surface area contributed by atoms with E-state index < -0.39 is 0 Å². The Hall–Kier alpha value is -3.33. The number of ether oxygens (including phenoxy) is 2. The second-order valence-corrected chi connectivity index (χ2v) is 6.76. The fourth-order valence-electron chi connectivity index (χ4n) is 3.56. The summed E-state index contributed by atoms with van der Waals surface area (Å²) in [4.78, 5) is 19.1. The van der Waals surface area contributed by atoms with Gasteiger partial charge in [-0.1, -0.05) is 11.3 Å². The third-order valence-corrected chi connectivity index (χ3v) is 5.01. The standard InChI is InChI=1S/C19H18N6O3/c26-19(25-4-6-28-17(11-25)18-21-23-24-22-18)15-8-14(9-20-10-15)12-1-2-16-13(7-12)3-5-27-16/h1-2,7-10,17H,3-6,11H2,(H,21,22,23,24). The van der Waals surface area contributed by atoms with Crippen molar-refractivity contribution in [2.75, 3.05) is 26.3 Å². The maximum Gasteiger partial charge on any atom is 0.255 e. The molecule has 2 aromatic heterocycles. The number of aromatic amines is 1. The minimum atomic E-state index is -0.385. The van der Waals surface area contributed by atoms with Crippen LogP contribution in [-0.4, -0.2) is 62.7 Å². The van der Waals surface area contributed by atoms with Gasteiger partial charge >= 0.3 is 0 Å². The van der Waals surface area contributed by atoms with Crippen LogP contribution in [0.5, 0.6) is 5.75 Å². The predicted molar refractivity (Wildman–Crippen MR) is 97.6 cm³/mol. The Bertz CT molecular complexity index is 1010. The fourth-order valence-corrected chi connectivity index (χ4v) is 3.56. The highest BCUT2D eigenvalue weighted by Crippen LogP contribution is 2.30. The molecule has 9 nitrogen and oxygen atoms in total. The zero-order valence-electron chi connectivity index (χ0n) is 15.0. The number of benzene rings is 1. The third-order valence-electron chi connectivity index (χ3n) is 5.01. The van der Waals surface area contributed by atoms with Gasteiger partial charge in [0.05, 0.1) is 25.3 Å². The van der Waals surface area contributed by atoms with Crippen molar-refractivity contribution in [1.82, 2.24) is 30.5 Å². The lowest BCUT2D eigenvalue weighted by Gasteiger charge is -2.31. The van der Waals surface area contributed by atoms with Crippen molar-refractivity contribution in [3.8, 4) is 16.9 Å². The molecule has 2 aliphatic rings. The van der Waals surface area contributed by atoms with E-state index in [1.807, 2.05) is 18.2 Å². The average molecular weight is 378 g/mol. The monoisotopic (exact) mass is 378 g/mol. The first kappa shape index (κ1) is 16.8. The lowest BCUT2D eigenvalue weighted by molar-refractivity contribution is -0.0268. The largest absolute Gasteiger partial charge is 0.493 e. The molecule has 28 heavy (non-hydrogen) atoms. The molecular weight excluding hydrogens is 360 g/mol. The lowest BCUT2D eigenvalue weighted by Crippen LogP contribution is -2.42. The van der Waals surface area contributed by atoms with Gasteiger partial charge in [0.2, 0.25) is 5.82 Å². The van der Waals surface area contributed by atoms with Gasteiger partial charge in [0.25, 0.3) is 5.91 Å². The number of amides is 1. The maximum absolute atomic E-state index is 13.0. The second-order valence-electron chi connectivity index (χ2n) is 6.76. The molecule has 0 aliphatic carbocycles. The lowest BCUT2D eigenvalue weighted by atomic mass is 10.0. The van der Waals surface area contributed by atoms with Crippen LogP contribution in [0.15, 0.2) is 36.7 Å². The molecule has 0 spiro atoms. The van der Waals surface area contributed by atoms with Gasteiger partial charge in [-0.05, 0) is 29.3 Å². The summed E-state index contributed by atoms with van der Waals surface area (Å²) in [6.07, 6.45) is 3.89. The molecule has 5 rings (SSSR count). The van der Waals surface area contributed by atoms with Gasteiger partial charge in [0, 0.05) is 30.9 Å². The number of fused-ring (bicyclic) bond motifs is 1. The van der Waals surface area contributed by atoms with E-state index in [-0.39, 0.29) is 12.0 Å². The summed E-state index contributed by atoms with van der Waals surface area (Å²) in [5.41, 5.74) is 3.66. The Balaban J connectivity index is 1.37.